The van der Waals surface area contributed by atoms with Crippen molar-refractivity contribution in [2.45, 2.75) is 6.54 Å². The Morgan fingerprint density at radius 2 is 2.06 bits per heavy atom. The highest BCUT2D eigenvalue weighted by Gasteiger charge is 2.12. The smallest absolute Gasteiger partial charge is 0.189 e. The quantitative estimate of drug-likeness (QED) is 0.848. The van der Waals surface area contributed by atoms with Crippen LogP contribution in [0.3, 0.4) is 0 Å². The Hall–Kier alpha value is -1.56. The summed E-state index contributed by atoms with van der Waals surface area (Å²) in [6.45, 7) is 0.524. The number of hydroxylamine groups is 1. The number of hydrogen-bond acceptors (Lipinski definition) is 3. The number of halogens is 1. The first-order chi connectivity index (χ1) is 8.61. The second kappa shape index (κ2) is 5.39. The summed E-state index contributed by atoms with van der Waals surface area (Å²) in [5.41, 5.74) is 1.49. The normalized spacial score (nSPS) is 12.4. The van der Waals surface area contributed by atoms with Gasteiger partial charge in [0, 0.05) is 0 Å². The first-order valence-electron chi connectivity index (χ1n) is 5.47. The van der Waals surface area contributed by atoms with Crippen LogP contribution < -0.4 is 9.80 Å². The molecule has 0 radical (unpaired) electrons. The molecule has 96 valence electrons. The SMILES string of the molecule is COc1ccc(Cn2ncc([NH+](C)[O-])c2Cl)cc1. The van der Waals surface area contributed by atoms with Gasteiger partial charge in [0.15, 0.2) is 10.8 Å². The van der Waals surface area contributed by atoms with Crippen molar-refractivity contribution < 1.29 is 9.80 Å². The summed E-state index contributed by atoms with van der Waals surface area (Å²) in [6, 6.07) is 7.62. The average molecular weight is 268 g/mol. The number of nitrogens with one attached hydrogen (secondary N) is 1. The van der Waals surface area contributed by atoms with E-state index in [1.807, 2.05) is 24.3 Å². The Morgan fingerprint density at radius 1 is 1.39 bits per heavy atom. The number of quaternary nitrogens is 1. The van der Waals surface area contributed by atoms with Crippen LogP contribution in [0.1, 0.15) is 5.56 Å². The summed E-state index contributed by atoms with van der Waals surface area (Å²) in [5.74, 6) is 0.801. The molecule has 2 aromatic rings. The van der Waals surface area contributed by atoms with Crippen molar-refractivity contribution in [3.8, 4) is 5.75 Å². The first-order valence-corrected chi connectivity index (χ1v) is 5.85. The molecule has 0 bridgehead atoms. The fourth-order valence-corrected chi connectivity index (χ4v) is 1.91. The average Bonchev–Trinajstić information content (AvgIpc) is 2.72. The van der Waals surface area contributed by atoms with Gasteiger partial charge in [-0.1, -0.05) is 23.7 Å². The lowest BCUT2D eigenvalue weighted by Crippen LogP contribution is -2.98. The van der Waals surface area contributed by atoms with E-state index < -0.39 is 0 Å². The van der Waals surface area contributed by atoms with Crippen molar-refractivity contribution >= 4 is 17.3 Å². The zero-order valence-corrected chi connectivity index (χ0v) is 10.9. The molecule has 6 heteroatoms. The van der Waals surface area contributed by atoms with Crippen LogP contribution in [0.2, 0.25) is 5.15 Å². The maximum Gasteiger partial charge on any atom is 0.189 e. The van der Waals surface area contributed by atoms with Gasteiger partial charge in [0.2, 0.25) is 0 Å². The predicted octanol–water partition coefficient (Wildman–Crippen LogP) is 1.24. The highest BCUT2D eigenvalue weighted by atomic mass is 35.5. The minimum absolute atomic E-state index is 0.0824. The summed E-state index contributed by atoms with van der Waals surface area (Å²) in [6.07, 6.45) is 1.49. The summed E-state index contributed by atoms with van der Waals surface area (Å²) in [4.78, 5) is 0. The maximum atomic E-state index is 11.3. The molecule has 0 aliphatic rings. The number of aromatic nitrogens is 2. The molecule has 1 aromatic carbocycles. The molecule has 1 atom stereocenters. The van der Waals surface area contributed by atoms with Crippen molar-refractivity contribution in [3.63, 3.8) is 0 Å². The number of methoxy groups -OCH3 is 1. The van der Waals surface area contributed by atoms with Gasteiger partial charge >= 0.3 is 0 Å². The minimum atomic E-state index is -0.0824. The van der Waals surface area contributed by atoms with Crippen LogP contribution in [0.25, 0.3) is 0 Å². The lowest BCUT2D eigenvalue weighted by atomic mass is 10.2. The molecular weight excluding hydrogens is 254 g/mol. The third-order valence-corrected chi connectivity index (χ3v) is 3.04. The van der Waals surface area contributed by atoms with Crippen LogP contribution in [0.5, 0.6) is 5.75 Å². The van der Waals surface area contributed by atoms with E-state index in [0.29, 0.717) is 17.4 Å². The molecule has 1 unspecified atom stereocenters. The van der Waals surface area contributed by atoms with Gasteiger partial charge in [-0.2, -0.15) is 5.10 Å². The third-order valence-electron chi connectivity index (χ3n) is 2.65. The van der Waals surface area contributed by atoms with Crippen LogP contribution >= 0.6 is 11.6 Å². The molecule has 0 amide bonds. The molecular formula is C12H14ClN3O2. The fourth-order valence-electron chi connectivity index (χ4n) is 1.62. The van der Waals surface area contributed by atoms with Gasteiger partial charge in [-0.15, -0.1) is 0 Å². The molecule has 0 fully saturated rings. The van der Waals surface area contributed by atoms with Gasteiger partial charge in [0.25, 0.3) is 0 Å². The molecule has 2 rings (SSSR count). The minimum Gasteiger partial charge on any atom is -0.629 e. The summed E-state index contributed by atoms with van der Waals surface area (Å²) in [7, 11) is 3.10. The Bertz CT molecular complexity index is 523. The van der Waals surface area contributed by atoms with Gasteiger partial charge < -0.3 is 15.0 Å². The van der Waals surface area contributed by atoms with Gasteiger partial charge in [0.1, 0.15) is 11.9 Å². The Morgan fingerprint density at radius 3 is 2.56 bits per heavy atom. The van der Waals surface area contributed by atoms with Gasteiger partial charge in [-0.25, -0.2) is 4.68 Å². The van der Waals surface area contributed by atoms with Gasteiger partial charge in [0.05, 0.1) is 20.7 Å². The second-order valence-electron chi connectivity index (χ2n) is 3.91. The molecule has 0 saturated carbocycles. The maximum absolute atomic E-state index is 11.3. The molecule has 0 aliphatic carbocycles. The molecule has 1 N–H and O–H groups in total. The zero-order chi connectivity index (χ0) is 13.1. The molecule has 18 heavy (non-hydrogen) atoms. The van der Waals surface area contributed by atoms with Crippen molar-refractivity contribution in [3.05, 3.63) is 46.4 Å². The van der Waals surface area contributed by atoms with Crippen LogP contribution in [0.4, 0.5) is 5.69 Å². The zero-order valence-electron chi connectivity index (χ0n) is 10.2. The van der Waals surface area contributed by atoms with Crippen LogP contribution in [-0.4, -0.2) is 23.9 Å². The highest BCUT2D eigenvalue weighted by molar-refractivity contribution is 6.31. The third kappa shape index (κ3) is 2.64. The Kier molecular flexibility index (Phi) is 3.86. The van der Waals surface area contributed by atoms with E-state index in [-0.39, 0.29) is 5.06 Å². The van der Waals surface area contributed by atoms with E-state index in [4.69, 9.17) is 16.3 Å². The fraction of sp³-hybridized carbons (Fsp3) is 0.250. The van der Waals surface area contributed by atoms with Crippen molar-refractivity contribution in [1.29, 1.82) is 0 Å². The molecule has 0 saturated heterocycles. The highest BCUT2D eigenvalue weighted by Crippen LogP contribution is 2.19. The number of benzene rings is 1. The Balaban J connectivity index is 2.18. The number of rotatable bonds is 4. The van der Waals surface area contributed by atoms with E-state index in [9.17, 15) is 5.21 Å². The van der Waals surface area contributed by atoms with Gasteiger partial charge in [-0.3, -0.25) is 0 Å². The largest absolute Gasteiger partial charge is 0.629 e. The lowest BCUT2D eigenvalue weighted by Gasteiger charge is -2.13. The molecule has 1 aromatic heterocycles. The standard InChI is InChI=1S/C12H14ClN3O2/c1-15(17)11-7-14-16(12(11)13)8-9-3-5-10(18-2)6-4-9/h3-7,15H,8H2,1-2H3. The van der Waals surface area contributed by atoms with E-state index >= 15 is 0 Å². The monoisotopic (exact) mass is 267 g/mol. The topological polar surface area (TPSA) is 54.5 Å². The summed E-state index contributed by atoms with van der Waals surface area (Å²) < 4.78 is 6.68. The summed E-state index contributed by atoms with van der Waals surface area (Å²) in [5, 5.41) is 15.7. The molecule has 1 heterocycles. The first kappa shape index (κ1) is 12.9. The number of nitrogens with zero attached hydrogens (tertiary/aromatic N) is 2. The van der Waals surface area contributed by atoms with Crippen molar-refractivity contribution in [1.82, 2.24) is 9.78 Å². The van der Waals surface area contributed by atoms with Crippen LogP contribution in [-0.2, 0) is 6.54 Å². The lowest BCUT2D eigenvalue weighted by molar-refractivity contribution is -0.751. The second-order valence-corrected chi connectivity index (χ2v) is 4.27. The predicted molar refractivity (Wildman–Crippen MR) is 69.2 cm³/mol. The van der Waals surface area contributed by atoms with Crippen molar-refractivity contribution in [2.24, 2.45) is 0 Å². The number of hydrogen-bond donors (Lipinski definition) is 1. The van der Waals surface area contributed by atoms with Crippen LogP contribution in [0, 0.1) is 5.21 Å². The molecule has 5 nitrogen and oxygen atoms in total. The van der Waals surface area contributed by atoms with E-state index in [2.05, 4.69) is 5.10 Å². The van der Waals surface area contributed by atoms with Crippen molar-refractivity contribution in [2.75, 3.05) is 14.2 Å². The van der Waals surface area contributed by atoms with Gasteiger partial charge in [-0.05, 0) is 17.7 Å². The van der Waals surface area contributed by atoms with E-state index in [1.165, 1.54) is 13.2 Å². The van der Waals surface area contributed by atoms with E-state index in [0.717, 1.165) is 11.3 Å². The van der Waals surface area contributed by atoms with E-state index in [1.54, 1.807) is 11.8 Å². The summed E-state index contributed by atoms with van der Waals surface area (Å²) >= 11 is 6.08. The molecule has 0 spiro atoms. The number of ether oxygens (including phenoxy) is 1. The Labute approximate surface area is 110 Å². The molecule has 0 aliphatic heterocycles. The van der Waals surface area contributed by atoms with Crippen LogP contribution in [0.15, 0.2) is 30.5 Å².